The summed E-state index contributed by atoms with van der Waals surface area (Å²) in [5.41, 5.74) is -0.445. The van der Waals surface area contributed by atoms with E-state index in [4.69, 9.17) is 4.74 Å². The average molecular weight is 296 g/mol. The van der Waals surface area contributed by atoms with Crippen molar-refractivity contribution in [2.24, 2.45) is 0 Å². The summed E-state index contributed by atoms with van der Waals surface area (Å²) >= 11 is 0. The van der Waals surface area contributed by atoms with Crippen LogP contribution in [0.3, 0.4) is 0 Å². The number of rotatable bonds is 5. The molecule has 0 N–H and O–H groups in total. The highest BCUT2D eigenvalue weighted by atomic mass is 32.2. The smallest absolute Gasteiger partial charge is 0.419 e. The summed E-state index contributed by atoms with van der Waals surface area (Å²) in [5, 5.41) is 0. The Bertz CT molecular complexity index is 542. The first kappa shape index (κ1) is 15.8. The van der Waals surface area contributed by atoms with E-state index in [1.54, 1.807) is 0 Å². The van der Waals surface area contributed by atoms with Crippen LogP contribution < -0.4 is 10.2 Å². The second-order valence-corrected chi connectivity index (χ2v) is 5.52. The van der Waals surface area contributed by atoms with E-state index < -0.39 is 21.9 Å². The van der Waals surface area contributed by atoms with Crippen LogP contribution in [-0.4, -0.2) is 35.7 Å². The first-order valence-corrected chi connectivity index (χ1v) is 7.06. The van der Waals surface area contributed by atoms with E-state index >= 15 is 0 Å². The van der Waals surface area contributed by atoms with Crippen molar-refractivity contribution in [2.75, 3.05) is 19.5 Å². The van der Waals surface area contributed by atoms with Gasteiger partial charge in [-0.3, -0.25) is 4.18 Å². The van der Waals surface area contributed by atoms with Crippen LogP contribution in [0, 0.1) is 0 Å². The lowest BCUT2D eigenvalue weighted by atomic mass is 9.94. The Kier molecular flexibility index (Phi) is 4.86. The topological polar surface area (TPSA) is 52.6 Å². The SMILES string of the molecule is Bc1ccc(OCCOS(C)(=O)=O)c(C(F)(F)F)c1. The van der Waals surface area contributed by atoms with E-state index in [1.165, 1.54) is 20.0 Å². The number of halogens is 3. The minimum absolute atomic E-state index is 0.292. The molecular formula is C10H12BF3O4S. The van der Waals surface area contributed by atoms with Crippen LogP contribution in [0.25, 0.3) is 0 Å². The largest absolute Gasteiger partial charge is 0.491 e. The number of benzene rings is 1. The number of hydrogen-bond donors (Lipinski definition) is 0. The molecular weight excluding hydrogens is 284 g/mol. The van der Waals surface area contributed by atoms with Gasteiger partial charge in [-0.2, -0.15) is 21.6 Å². The predicted molar refractivity (Wildman–Crippen MR) is 65.9 cm³/mol. The van der Waals surface area contributed by atoms with Crippen LogP contribution in [0.4, 0.5) is 13.2 Å². The molecule has 0 aliphatic heterocycles. The molecule has 0 fully saturated rings. The normalized spacial score (nSPS) is 12.4. The second kappa shape index (κ2) is 5.83. The van der Waals surface area contributed by atoms with Crippen LogP contribution in [-0.2, 0) is 20.5 Å². The van der Waals surface area contributed by atoms with Crippen LogP contribution in [0.2, 0.25) is 0 Å². The van der Waals surface area contributed by atoms with Crippen molar-refractivity contribution in [2.45, 2.75) is 6.18 Å². The fraction of sp³-hybridized carbons (Fsp3) is 0.400. The quantitative estimate of drug-likeness (QED) is 0.446. The average Bonchev–Trinajstić information content (AvgIpc) is 2.23. The molecule has 0 radical (unpaired) electrons. The zero-order valence-corrected chi connectivity index (χ0v) is 11.1. The zero-order chi connectivity index (χ0) is 14.7. The minimum Gasteiger partial charge on any atom is -0.491 e. The van der Waals surface area contributed by atoms with Gasteiger partial charge in [0.2, 0.25) is 0 Å². The molecule has 0 atom stereocenters. The third-order valence-electron chi connectivity index (χ3n) is 2.08. The molecule has 0 saturated heterocycles. The third kappa shape index (κ3) is 5.52. The molecule has 19 heavy (non-hydrogen) atoms. The van der Waals surface area contributed by atoms with Crippen molar-refractivity contribution >= 4 is 23.4 Å². The lowest BCUT2D eigenvalue weighted by Gasteiger charge is -2.14. The molecule has 0 saturated carbocycles. The molecule has 0 amide bonds. The Morgan fingerprint density at radius 2 is 1.89 bits per heavy atom. The molecule has 106 valence electrons. The Hall–Kier alpha value is -1.22. The molecule has 0 unspecified atom stereocenters. The lowest BCUT2D eigenvalue weighted by Crippen LogP contribution is -2.16. The van der Waals surface area contributed by atoms with Crippen molar-refractivity contribution in [3.8, 4) is 5.75 Å². The monoisotopic (exact) mass is 296 g/mol. The van der Waals surface area contributed by atoms with Gasteiger partial charge in [-0.15, -0.1) is 0 Å². The van der Waals surface area contributed by atoms with Crippen LogP contribution in [0.5, 0.6) is 5.75 Å². The van der Waals surface area contributed by atoms with Crippen molar-refractivity contribution in [3.05, 3.63) is 23.8 Å². The summed E-state index contributed by atoms with van der Waals surface area (Å²) in [5.74, 6) is -0.352. The summed E-state index contributed by atoms with van der Waals surface area (Å²) in [6.45, 7) is -0.636. The molecule has 0 spiro atoms. The third-order valence-corrected chi connectivity index (χ3v) is 2.67. The summed E-state index contributed by atoms with van der Waals surface area (Å²) in [7, 11) is -2.09. The van der Waals surface area contributed by atoms with Gasteiger partial charge in [0.15, 0.2) is 0 Å². The van der Waals surface area contributed by atoms with Gasteiger partial charge in [-0.1, -0.05) is 17.6 Å². The van der Waals surface area contributed by atoms with Gasteiger partial charge in [0.05, 0.1) is 11.8 Å². The Morgan fingerprint density at radius 3 is 2.42 bits per heavy atom. The van der Waals surface area contributed by atoms with Crippen molar-refractivity contribution < 1.29 is 30.5 Å². The van der Waals surface area contributed by atoms with Gasteiger partial charge in [-0.05, 0) is 6.07 Å². The van der Waals surface area contributed by atoms with Crippen molar-refractivity contribution in [1.29, 1.82) is 0 Å². The first-order chi connectivity index (χ1) is 8.59. The van der Waals surface area contributed by atoms with Crippen LogP contribution in [0.15, 0.2) is 18.2 Å². The lowest BCUT2D eigenvalue weighted by molar-refractivity contribution is -0.138. The Labute approximate surface area is 110 Å². The maximum absolute atomic E-state index is 12.7. The van der Waals surface area contributed by atoms with E-state index in [1.807, 2.05) is 0 Å². The van der Waals surface area contributed by atoms with Gasteiger partial charge < -0.3 is 4.74 Å². The molecule has 1 rings (SSSR count). The molecule has 4 nitrogen and oxygen atoms in total. The van der Waals surface area contributed by atoms with E-state index in [9.17, 15) is 21.6 Å². The maximum Gasteiger partial charge on any atom is 0.419 e. The predicted octanol–water partition coefficient (Wildman–Crippen LogP) is 0.319. The van der Waals surface area contributed by atoms with Crippen LogP contribution in [0.1, 0.15) is 5.56 Å². The Morgan fingerprint density at radius 1 is 1.26 bits per heavy atom. The van der Waals surface area contributed by atoms with E-state index in [-0.39, 0.29) is 19.0 Å². The molecule has 0 aliphatic rings. The summed E-state index contributed by atoms with van der Waals surface area (Å²) < 4.78 is 68.7. The van der Waals surface area contributed by atoms with Gasteiger partial charge in [0.1, 0.15) is 26.8 Å². The molecule has 9 heteroatoms. The van der Waals surface area contributed by atoms with Gasteiger partial charge in [-0.25, -0.2) is 0 Å². The molecule has 1 aromatic rings. The van der Waals surface area contributed by atoms with Gasteiger partial charge in [0.25, 0.3) is 10.1 Å². The summed E-state index contributed by atoms with van der Waals surface area (Å²) in [6, 6.07) is 3.63. The highest BCUT2D eigenvalue weighted by molar-refractivity contribution is 7.85. The zero-order valence-electron chi connectivity index (χ0n) is 10.3. The number of ether oxygens (including phenoxy) is 1. The number of alkyl halides is 3. The van der Waals surface area contributed by atoms with Crippen molar-refractivity contribution in [1.82, 2.24) is 0 Å². The minimum atomic E-state index is -4.53. The number of hydrogen-bond acceptors (Lipinski definition) is 4. The molecule has 0 bridgehead atoms. The highest BCUT2D eigenvalue weighted by Crippen LogP contribution is 2.35. The van der Waals surface area contributed by atoms with Gasteiger partial charge >= 0.3 is 6.18 Å². The maximum atomic E-state index is 12.7. The highest BCUT2D eigenvalue weighted by Gasteiger charge is 2.34. The van der Waals surface area contributed by atoms with E-state index in [0.717, 1.165) is 12.3 Å². The van der Waals surface area contributed by atoms with Gasteiger partial charge in [0, 0.05) is 0 Å². The second-order valence-electron chi connectivity index (χ2n) is 3.87. The van der Waals surface area contributed by atoms with Crippen molar-refractivity contribution in [3.63, 3.8) is 0 Å². The van der Waals surface area contributed by atoms with Crippen LogP contribution >= 0.6 is 0 Å². The summed E-state index contributed by atoms with van der Waals surface area (Å²) in [6.07, 6.45) is -3.68. The van der Waals surface area contributed by atoms with E-state index in [0.29, 0.717) is 5.46 Å². The molecule has 0 aliphatic carbocycles. The summed E-state index contributed by atoms with van der Waals surface area (Å²) in [4.78, 5) is 0. The Balaban J connectivity index is 2.73. The fourth-order valence-corrected chi connectivity index (χ4v) is 1.70. The molecule has 1 aromatic carbocycles. The fourth-order valence-electron chi connectivity index (χ4n) is 1.33. The van der Waals surface area contributed by atoms with E-state index in [2.05, 4.69) is 4.18 Å². The standard InChI is InChI=1S/C10H12BF3O4S/c1-19(15,16)18-5-4-17-9-3-2-7(11)6-8(9)10(12,13)14/h2-3,6H,4-5,11H2,1H3. The first-order valence-electron chi connectivity index (χ1n) is 5.24. The molecule has 0 heterocycles. The molecule has 0 aromatic heterocycles.